The molecule has 1 heterocycles. The van der Waals surface area contributed by atoms with Gasteiger partial charge in [0.05, 0.1) is 5.02 Å². The summed E-state index contributed by atoms with van der Waals surface area (Å²) in [7, 11) is -3.74. The van der Waals surface area contributed by atoms with Gasteiger partial charge >= 0.3 is 0 Å². The van der Waals surface area contributed by atoms with Crippen LogP contribution in [0.15, 0.2) is 47.4 Å². The van der Waals surface area contributed by atoms with Crippen molar-refractivity contribution >= 4 is 33.2 Å². The van der Waals surface area contributed by atoms with E-state index in [0.717, 1.165) is 44.9 Å². The van der Waals surface area contributed by atoms with Crippen LogP contribution in [-0.4, -0.2) is 31.7 Å². The molecule has 2 aromatic rings. The average Bonchev–Trinajstić information content (AvgIpc) is 3.03. The number of carbonyl (C=O) groups is 1. The number of halogens is 1. The molecule has 0 spiro atoms. The number of hydrogen-bond acceptors (Lipinski definition) is 3. The lowest BCUT2D eigenvalue weighted by molar-refractivity contribution is 0.102. The molecule has 162 valence electrons. The third kappa shape index (κ3) is 5.62. The summed E-state index contributed by atoms with van der Waals surface area (Å²) < 4.78 is 27.7. The molecule has 0 unspecified atom stereocenters. The Morgan fingerprint density at radius 2 is 1.70 bits per heavy atom. The van der Waals surface area contributed by atoms with Gasteiger partial charge in [0.25, 0.3) is 5.91 Å². The summed E-state index contributed by atoms with van der Waals surface area (Å²) in [5, 5.41) is 2.97. The smallest absolute Gasteiger partial charge is 0.255 e. The Morgan fingerprint density at radius 3 is 2.33 bits per heavy atom. The molecule has 0 aromatic heterocycles. The number of nitrogens with zero attached hydrogens (tertiary/aromatic N) is 1. The van der Waals surface area contributed by atoms with Gasteiger partial charge in [-0.25, -0.2) is 8.42 Å². The van der Waals surface area contributed by atoms with Crippen molar-refractivity contribution in [3.63, 3.8) is 0 Å². The van der Waals surface area contributed by atoms with E-state index in [4.69, 9.17) is 11.6 Å². The number of aryl methyl sites for hydroxylation is 1. The molecular weight excluding hydrogens is 420 g/mol. The molecular formula is C23H29ClN2O3S. The zero-order valence-corrected chi connectivity index (χ0v) is 18.9. The fourth-order valence-corrected chi connectivity index (χ4v) is 5.62. The molecule has 3 rings (SSSR count). The van der Waals surface area contributed by atoms with Crippen LogP contribution in [0.2, 0.25) is 5.02 Å². The summed E-state index contributed by atoms with van der Waals surface area (Å²) in [5.74, 6) is -0.361. The molecule has 0 radical (unpaired) electrons. The van der Waals surface area contributed by atoms with E-state index in [1.165, 1.54) is 22.0 Å². The van der Waals surface area contributed by atoms with E-state index in [1.54, 1.807) is 6.07 Å². The van der Waals surface area contributed by atoms with Gasteiger partial charge in [0.1, 0.15) is 4.90 Å². The number of unbranched alkanes of at least 4 members (excludes halogenated alkanes) is 1. The predicted octanol–water partition coefficient (Wildman–Crippen LogP) is 5.50. The van der Waals surface area contributed by atoms with Gasteiger partial charge < -0.3 is 5.32 Å². The highest BCUT2D eigenvalue weighted by Gasteiger charge is 2.28. The van der Waals surface area contributed by atoms with Crippen molar-refractivity contribution in [1.82, 2.24) is 4.31 Å². The largest absolute Gasteiger partial charge is 0.322 e. The average molecular weight is 449 g/mol. The van der Waals surface area contributed by atoms with Crippen LogP contribution in [0, 0.1) is 0 Å². The van der Waals surface area contributed by atoms with Gasteiger partial charge in [0.15, 0.2) is 0 Å². The van der Waals surface area contributed by atoms with Crippen LogP contribution >= 0.6 is 11.6 Å². The molecule has 1 amide bonds. The lowest BCUT2D eigenvalue weighted by Gasteiger charge is -2.21. The maximum Gasteiger partial charge on any atom is 0.255 e. The van der Waals surface area contributed by atoms with E-state index in [2.05, 4.69) is 12.2 Å². The monoisotopic (exact) mass is 448 g/mol. The number of amides is 1. The van der Waals surface area contributed by atoms with Crippen LogP contribution in [0.4, 0.5) is 5.69 Å². The number of anilines is 1. The molecule has 30 heavy (non-hydrogen) atoms. The predicted molar refractivity (Wildman–Crippen MR) is 122 cm³/mol. The van der Waals surface area contributed by atoms with E-state index in [1.807, 2.05) is 24.3 Å². The summed E-state index contributed by atoms with van der Waals surface area (Å²) in [6.07, 6.45) is 7.01. The van der Waals surface area contributed by atoms with E-state index in [9.17, 15) is 13.2 Å². The Bertz CT molecular complexity index is 966. The quantitative estimate of drug-likeness (QED) is 0.608. The van der Waals surface area contributed by atoms with Crippen LogP contribution < -0.4 is 5.32 Å². The Morgan fingerprint density at radius 1 is 1.03 bits per heavy atom. The van der Waals surface area contributed by atoms with Crippen molar-refractivity contribution in [2.24, 2.45) is 0 Å². The molecule has 1 N–H and O–H groups in total. The molecule has 5 nitrogen and oxygen atoms in total. The first kappa shape index (κ1) is 22.8. The summed E-state index contributed by atoms with van der Waals surface area (Å²) in [5.41, 5.74) is 2.17. The number of sulfonamides is 1. The molecule has 1 saturated heterocycles. The standard InChI is InChI=1S/C23H29ClN2O3S/c1-2-3-8-18-9-12-20(13-10-18)25-23(27)19-11-14-21(24)22(17-19)30(28,29)26-15-6-4-5-7-16-26/h9-14,17H,2-8,15-16H2,1H3,(H,25,27). The molecule has 7 heteroatoms. The van der Waals surface area contributed by atoms with E-state index >= 15 is 0 Å². The second-order valence-electron chi connectivity index (χ2n) is 7.72. The third-order valence-electron chi connectivity index (χ3n) is 5.41. The SMILES string of the molecule is CCCCc1ccc(NC(=O)c2ccc(Cl)c(S(=O)(=O)N3CCCCCC3)c2)cc1. The van der Waals surface area contributed by atoms with Crippen LogP contribution in [0.5, 0.6) is 0 Å². The van der Waals surface area contributed by atoms with Crippen molar-refractivity contribution in [3.05, 3.63) is 58.6 Å². The molecule has 0 atom stereocenters. The van der Waals surface area contributed by atoms with Crippen molar-refractivity contribution in [2.45, 2.75) is 56.8 Å². The molecule has 2 aromatic carbocycles. The zero-order chi connectivity index (χ0) is 21.6. The maximum absolute atomic E-state index is 13.1. The second-order valence-corrected chi connectivity index (χ2v) is 10.0. The fourth-order valence-electron chi connectivity index (χ4n) is 3.60. The van der Waals surface area contributed by atoms with Crippen LogP contribution in [0.1, 0.15) is 61.4 Å². The molecule has 1 aliphatic rings. The van der Waals surface area contributed by atoms with Gasteiger partial charge in [0.2, 0.25) is 10.0 Å². The minimum Gasteiger partial charge on any atom is -0.322 e. The summed E-state index contributed by atoms with van der Waals surface area (Å²) in [6.45, 7) is 3.13. The number of rotatable bonds is 7. The van der Waals surface area contributed by atoms with E-state index in [0.29, 0.717) is 18.8 Å². The third-order valence-corrected chi connectivity index (χ3v) is 7.79. The lowest BCUT2D eigenvalue weighted by atomic mass is 10.1. The van der Waals surface area contributed by atoms with Gasteiger partial charge in [-0.1, -0.05) is 49.9 Å². The maximum atomic E-state index is 13.1. The normalized spacial score (nSPS) is 15.5. The Labute approximate surface area is 184 Å². The van der Waals surface area contributed by atoms with Crippen molar-refractivity contribution < 1.29 is 13.2 Å². The summed E-state index contributed by atoms with van der Waals surface area (Å²) in [6, 6.07) is 12.2. The van der Waals surface area contributed by atoms with Gasteiger partial charge in [-0.2, -0.15) is 4.31 Å². The number of carbonyl (C=O) groups excluding carboxylic acids is 1. The minimum atomic E-state index is -3.74. The number of nitrogens with one attached hydrogen (secondary N) is 1. The lowest BCUT2D eigenvalue weighted by Crippen LogP contribution is -2.32. The summed E-state index contributed by atoms with van der Waals surface area (Å²) in [4.78, 5) is 12.7. The van der Waals surface area contributed by atoms with Crippen molar-refractivity contribution in [2.75, 3.05) is 18.4 Å². The highest BCUT2D eigenvalue weighted by atomic mass is 35.5. The topological polar surface area (TPSA) is 66.5 Å². The van der Waals surface area contributed by atoms with Crippen LogP contribution in [0.25, 0.3) is 0 Å². The summed E-state index contributed by atoms with van der Waals surface area (Å²) >= 11 is 6.23. The highest BCUT2D eigenvalue weighted by molar-refractivity contribution is 7.89. The first-order chi connectivity index (χ1) is 14.4. The first-order valence-corrected chi connectivity index (χ1v) is 12.4. The van der Waals surface area contributed by atoms with Gasteiger partial charge in [-0.15, -0.1) is 0 Å². The van der Waals surface area contributed by atoms with Crippen molar-refractivity contribution in [3.8, 4) is 0 Å². The fraction of sp³-hybridized carbons (Fsp3) is 0.435. The van der Waals surface area contributed by atoms with E-state index in [-0.39, 0.29) is 21.4 Å². The number of benzene rings is 2. The molecule has 0 bridgehead atoms. The Balaban J connectivity index is 1.77. The van der Waals surface area contributed by atoms with Crippen molar-refractivity contribution in [1.29, 1.82) is 0 Å². The van der Waals surface area contributed by atoms with E-state index < -0.39 is 10.0 Å². The molecule has 0 saturated carbocycles. The van der Waals surface area contributed by atoms with Crippen LogP contribution in [0.3, 0.4) is 0 Å². The van der Waals surface area contributed by atoms with Gasteiger partial charge in [-0.3, -0.25) is 4.79 Å². The number of hydrogen-bond donors (Lipinski definition) is 1. The zero-order valence-electron chi connectivity index (χ0n) is 17.4. The molecule has 1 fully saturated rings. The second kappa shape index (κ2) is 10.4. The Hall–Kier alpha value is -1.89. The molecule has 1 aliphatic heterocycles. The molecule has 0 aliphatic carbocycles. The van der Waals surface area contributed by atoms with Gasteiger partial charge in [0, 0.05) is 24.3 Å². The Kier molecular flexibility index (Phi) is 7.92. The minimum absolute atomic E-state index is 0.00590. The first-order valence-electron chi connectivity index (χ1n) is 10.6. The highest BCUT2D eigenvalue weighted by Crippen LogP contribution is 2.28. The van der Waals surface area contributed by atoms with Crippen LogP contribution in [-0.2, 0) is 16.4 Å². The van der Waals surface area contributed by atoms with Gasteiger partial charge in [-0.05, 0) is 61.6 Å².